The maximum Gasteiger partial charge on any atom is 0.249 e. The molecule has 3 nitrogen and oxygen atoms in total. The number of hydrogen-bond donors (Lipinski definition) is 1. The van der Waals surface area contributed by atoms with Crippen molar-refractivity contribution in [1.29, 1.82) is 0 Å². The molecule has 184 valence electrons. The predicted molar refractivity (Wildman–Crippen MR) is 141 cm³/mol. The van der Waals surface area contributed by atoms with Gasteiger partial charge in [-0.05, 0) is 85.0 Å². The molecule has 0 unspecified atom stereocenters. The monoisotopic (exact) mass is 488 g/mol. The molecular formula is C31H36O3S. The van der Waals surface area contributed by atoms with Gasteiger partial charge in [-0.15, -0.1) is 0 Å². The Morgan fingerprint density at radius 2 is 0.943 bits per heavy atom. The van der Waals surface area contributed by atoms with Gasteiger partial charge in [0.15, 0.2) is 14.7 Å². The van der Waals surface area contributed by atoms with E-state index in [-0.39, 0.29) is 10.9 Å². The summed E-state index contributed by atoms with van der Waals surface area (Å²) in [6, 6.07) is 30.4. The zero-order chi connectivity index (χ0) is 24.5. The lowest BCUT2D eigenvalue weighted by atomic mass is 9.84. The number of carboxylic acid groups (broad SMARTS) is 2. The van der Waals surface area contributed by atoms with Crippen LogP contribution in [0.2, 0.25) is 0 Å². The first-order valence-electron chi connectivity index (χ1n) is 13.0. The Bertz CT molecular complexity index is 969. The Morgan fingerprint density at radius 3 is 1.31 bits per heavy atom. The summed E-state index contributed by atoms with van der Waals surface area (Å²) in [6.45, 7) is 0. The van der Waals surface area contributed by atoms with Crippen LogP contribution in [0.1, 0.15) is 87.2 Å². The van der Waals surface area contributed by atoms with Crippen molar-refractivity contribution in [2.45, 2.75) is 90.7 Å². The van der Waals surface area contributed by atoms with Crippen molar-refractivity contribution in [1.82, 2.24) is 0 Å². The molecule has 0 heterocycles. The van der Waals surface area contributed by atoms with E-state index in [1.807, 2.05) is 0 Å². The van der Waals surface area contributed by atoms with Gasteiger partial charge < -0.3 is 15.0 Å². The number of rotatable bonds is 5. The minimum absolute atomic E-state index is 0.0410. The maximum atomic E-state index is 8.44. The standard InChI is InChI=1S/C30H35S.CH2O3/c1-4-10-24(11-5-1)26-16-20-29(21-17-26)31(28-14-8-3-9-15-28)30-22-18-27(19-23-30)25-12-6-2-7-13-25;2-1(3)4/h3,8-9,14-25H,1-2,4-7,10-13H2;(H2,2,3,4)/q+1;/p-1. The van der Waals surface area contributed by atoms with Crippen LogP contribution in [-0.4, -0.2) is 11.3 Å². The molecule has 35 heavy (non-hydrogen) atoms. The van der Waals surface area contributed by atoms with Crippen LogP contribution in [0.5, 0.6) is 0 Å². The summed E-state index contributed by atoms with van der Waals surface area (Å²) in [7, 11) is -0.0410. The van der Waals surface area contributed by atoms with E-state index < -0.39 is 6.16 Å². The van der Waals surface area contributed by atoms with Crippen molar-refractivity contribution in [2.24, 2.45) is 0 Å². The molecule has 3 aromatic rings. The quantitative estimate of drug-likeness (QED) is 0.373. The Balaban J connectivity index is 0.000000672. The smallest absolute Gasteiger partial charge is 0.249 e. The third kappa shape index (κ3) is 7.14. The zero-order valence-corrected chi connectivity index (χ0v) is 21.2. The molecule has 3 aromatic carbocycles. The van der Waals surface area contributed by atoms with Gasteiger partial charge in [0.1, 0.15) is 0 Å². The fourth-order valence-corrected chi connectivity index (χ4v) is 7.65. The van der Waals surface area contributed by atoms with Crippen LogP contribution in [0.3, 0.4) is 0 Å². The average molecular weight is 489 g/mol. The van der Waals surface area contributed by atoms with Gasteiger partial charge >= 0.3 is 0 Å². The van der Waals surface area contributed by atoms with Gasteiger partial charge in [-0.3, -0.25) is 0 Å². The Labute approximate surface area is 212 Å². The summed E-state index contributed by atoms with van der Waals surface area (Å²) in [5.74, 6) is 1.55. The van der Waals surface area contributed by atoms with Gasteiger partial charge in [0.05, 0.1) is 10.9 Å². The molecule has 2 saturated carbocycles. The number of hydrogen-bond acceptors (Lipinski definition) is 2. The second kappa shape index (κ2) is 12.8. The molecule has 0 aromatic heterocycles. The van der Waals surface area contributed by atoms with Gasteiger partial charge in [0, 0.05) is 0 Å². The van der Waals surface area contributed by atoms with Gasteiger partial charge in [-0.1, -0.05) is 81.0 Å². The first-order chi connectivity index (χ1) is 17.1. The molecule has 2 aliphatic rings. The van der Waals surface area contributed by atoms with Crippen LogP contribution in [0.25, 0.3) is 0 Å². The zero-order valence-electron chi connectivity index (χ0n) is 20.4. The first-order valence-corrected chi connectivity index (χ1v) is 14.2. The highest BCUT2D eigenvalue weighted by molar-refractivity contribution is 7.97. The summed E-state index contributed by atoms with van der Waals surface area (Å²) >= 11 is 0. The molecule has 2 fully saturated rings. The van der Waals surface area contributed by atoms with Gasteiger partial charge in [-0.25, -0.2) is 0 Å². The SMILES string of the molecule is O=C([O-])O.c1ccc([S+](c2ccc(C3CCCCC3)cc2)c2ccc(C3CCCCC3)cc2)cc1. The van der Waals surface area contributed by atoms with Crippen LogP contribution in [0, 0.1) is 0 Å². The van der Waals surface area contributed by atoms with E-state index in [1.165, 1.54) is 78.9 Å². The van der Waals surface area contributed by atoms with Crippen molar-refractivity contribution in [3.05, 3.63) is 90.0 Å². The molecule has 4 heteroatoms. The summed E-state index contributed by atoms with van der Waals surface area (Å²) in [5, 5.41) is 15.3. The van der Waals surface area contributed by atoms with Gasteiger partial charge in [-0.2, -0.15) is 0 Å². The van der Waals surface area contributed by atoms with Crippen LogP contribution >= 0.6 is 0 Å². The first kappa shape index (κ1) is 25.4. The molecule has 2 aliphatic carbocycles. The van der Waals surface area contributed by atoms with E-state index in [9.17, 15) is 0 Å². The Hall–Kier alpha value is -2.72. The van der Waals surface area contributed by atoms with E-state index >= 15 is 0 Å². The fourth-order valence-electron chi connectivity index (χ4n) is 5.59. The van der Waals surface area contributed by atoms with E-state index in [1.54, 1.807) is 11.1 Å². The fraction of sp³-hybridized carbons (Fsp3) is 0.387. The molecule has 0 radical (unpaired) electrons. The largest absolute Gasteiger partial charge is 0.565 e. The molecule has 0 saturated heterocycles. The topological polar surface area (TPSA) is 60.4 Å². The van der Waals surface area contributed by atoms with Crippen molar-refractivity contribution in [3.63, 3.8) is 0 Å². The third-order valence-electron chi connectivity index (χ3n) is 7.36. The van der Waals surface area contributed by atoms with Gasteiger partial charge in [0.25, 0.3) is 0 Å². The number of benzene rings is 3. The highest BCUT2D eigenvalue weighted by atomic mass is 32.2. The molecule has 0 amide bonds. The Kier molecular flexibility index (Phi) is 9.30. The average Bonchev–Trinajstić information content (AvgIpc) is 2.91. The molecular weight excluding hydrogens is 452 g/mol. The number of carbonyl (C=O) groups is 1. The summed E-state index contributed by atoms with van der Waals surface area (Å²) in [4.78, 5) is 12.7. The lowest BCUT2D eigenvalue weighted by Crippen LogP contribution is -2.17. The molecule has 0 aliphatic heterocycles. The van der Waals surface area contributed by atoms with Crippen LogP contribution in [0.15, 0.2) is 93.5 Å². The third-order valence-corrected chi connectivity index (χ3v) is 9.59. The molecule has 0 spiro atoms. The lowest BCUT2D eigenvalue weighted by molar-refractivity contribution is -0.275. The highest BCUT2D eigenvalue weighted by Crippen LogP contribution is 2.37. The lowest BCUT2D eigenvalue weighted by Gasteiger charge is -2.22. The minimum Gasteiger partial charge on any atom is -0.565 e. The predicted octanol–water partition coefficient (Wildman–Crippen LogP) is 7.77. The Morgan fingerprint density at radius 1 is 0.600 bits per heavy atom. The summed E-state index contributed by atoms with van der Waals surface area (Å²) in [5.41, 5.74) is 3.10. The molecule has 1 N–H and O–H groups in total. The maximum absolute atomic E-state index is 8.44. The second-order valence-corrected chi connectivity index (χ2v) is 11.7. The minimum atomic E-state index is -2.08. The highest BCUT2D eigenvalue weighted by Gasteiger charge is 2.29. The van der Waals surface area contributed by atoms with Crippen LogP contribution in [0.4, 0.5) is 4.79 Å². The van der Waals surface area contributed by atoms with Crippen molar-refractivity contribution in [3.8, 4) is 0 Å². The summed E-state index contributed by atoms with van der Waals surface area (Å²) < 4.78 is 0. The van der Waals surface area contributed by atoms with E-state index in [0.29, 0.717) is 0 Å². The second-order valence-electron chi connectivity index (χ2n) is 9.69. The van der Waals surface area contributed by atoms with E-state index in [0.717, 1.165) is 11.8 Å². The molecule has 5 rings (SSSR count). The van der Waals surface area contributed by atoms with Crippen molar-refractivity contribution in [2.75, 3.05) is 0 Å². The summed E-state index contributed by atoms with van der Waals surface area (Å²) in [6.07, 6.45) is 11.8. The van der Waals surface area contributed by atoms with Gasteiger partial charge in [0.2, 0.25) is 6.16 Å². The van der Waals surface area contributed by atoms with Crippen molar-refractivity contribution >= 4 is 17.1 Å². The van der Waals surface area contributed by atoms with E-state index in [4.69, 9.17) is 15.0 Å². The van der Waals surface area contributed by atoms with E-state index in [2.05, 4.69) is 78.9 Å². The normalized spacial score (nSPS) is 16.9. The van der Waals surface area contributed by atoms with Crippen LogP contribution in [-0.2, 0) is 10.9 Å². The van der Waals surface area contributed by atoms with Crippen molar-refractivity contribution < 1.29 is 15.0 Å². The van der Waals surface area contributed by atoms with Crippen LogP contribution < -0.4 is 5.11 Å². The molecule has 0 atom stereocenters. The molecule has 0 bridgehead atoms.